The number of fused-ring (bicyclic) bond motifs is 2. The minimum absolute atomic E-state index is 0.0566. The van der Waals surface area contributed by atoms with E-state index in [1.807, 2.05) is 0 Å². The molecule has 1 aliphatic carbocycles. The van der Waals surface area contributed by atoms with Gasteiger partial charge in [0, 0.05) is 17.0 Å². The summed E-state index contributed by atoms with van der Waals surface area (Å²) in [5.41, 5.74) is 1.17. The van der Waals surface area contributed by atoms with Crippen molar-refractivity contribution in [3.8, 4) is 5.75 Å². The second-order valence-electron chi connectivity index (χ2n) is 7.98. The molecule has 0 unspecified atom stereocenters. The Balaban J connectivity index is 1.41. The van der Waals surface area contributed by atoms with Crippen molar-refractivity contribution in [2.24, 2.45) is 5.92 Å². The van der Waals surface area contributed by atoms with Crippen molar-refractivity contribution in [2.45, 2.75) is 63.3 Å². The zero-order valence-corrected chi connectivity index (χ0v) is 14.2. The smallest absolute Gasteiger partial charge is 0.123 e. The van der Waals surface area contributed by atoms with Crippen molar-refractivity contribution in [1.82, 2.24) is 4.90 Å². The summed E-state index contributed by atoms with van der Waals surface area (Å²) in [6.07, 6.45) is 9.28. The zero-order chi connectivity index (χ0) is 15.9. The van der Waals surface area contributed by atoms with Gasteiger partial charge in [-0.25, -0.2) is 4.39 Å². The lowest BCUT2D eigenvalue weighted by Gasteiger charge is -2.41. The highest BCUT2D eigenvalue weighted by molar-refractivity contribution is 5.44. The molecule has 23 heavy (non-hydrogen) atoms. The molecule has 3 aliphatic rings. The van der Waals surface area contributed by atoms with E-state index in [-0.39, 0.29) is 11.2 Å². The second kappa shape index (κ2) is 6.08. The topological polar surface area (TPSA) is 12.5 Å². The Hall–Kier alpha value is -1.09. The Morgan fingerprint density at radius 3 is 2.74 bits per heavy atom. The molecule has 2 nitrogen and oxygen atoms in total. The number of benzene rings is 1. The average molecular weight is 317 g/mol. The lowest BCUT2D eigenvalue weighted by molar-refractivity contribution is 0.0955. The fraction of sp³-hybridized carbons (Fsp3) is 0.700. The van der Waals surface area contributed by atoms with Gasteiger partial charge in [-0.15, -0.1) is 0 Å². The van der Waals surface area contributed by atoms with Gasteiger partial charge in [0.15, 0.2) is 0 Å². The van der Waals surface area contributed by atoms with E-state index < -0.39 is 0 Å². The predicted molar refractivity (Wildman–Crippen MR) is 90.4 cm³/mol. The van der Waals surface area contributed by atoms with E-state index in [0.717, 1.165) is 49.8 Å². The molecule has 0 bridgehead atoms. The SMILES string of the molecule is C[C@H](CC1CCCC1)N1CCC2(CC1)COc1ccc(F)cc12. The molecule has 0 amide bonds. The van der Waals surface area contributed by atoms with Gasteiger partial charge in [0.1, 0.15) is 11.6 Å². The maximum Gasteiger partial charge on any atom is 0.123 e. The number of piperidine rings is 1. The van der Waals surface area contributed by atoms with E-state index in [4.69, 9.17) is 4.74 Å². The molecule has 126 valence electrons. The summed E-state index contributed by atoms with van der Waals surface area (Å²) in [4.78, 5) is 2.65. The van der Waals surface area contributed by atoms with Crippen LogP contribution in [0.2, 0.25) is 0 Å². The number of hydrogen-bond acceptors (Lipinski definition) is 2. The normalized spacial score (nSPS) is 25.5. The maximum atomic E-state index is 13.7. The predicted octanol–water partition coefficient (Wildman–Crippen LogP) is 4.52. The first kappa shape index (κ1) is 15.4. The molecule has 1 aromatic rings. The molecule has 1 atom stereocenters. The Labute approximate surface area is 139 Å². The van der Waals surface area contributed by atoms with E-state index in [1.54, 1.807) is 12.1 Å². The molecule has 3 heteroatoms. The number of ether oxygens (including phenoxy) is 1. The van der Waals surface area contributed by atoms with E-state index in [9.17, 15) is 4.39 Å². The minimum atomic E-state index is -0.134. The van der Waals surface area contributed by atoms with Gasteiger partial charge in [-0.05, 0) is 63.4 Å². The van der Waals surface area contributed by atoms with Crippen molar-refractivity contribution in [2.75, 3.05) is 19.7 Å². The van der Waals surface area contributed by atoms with Gasteiger partial charge in [0.25, 0.3) is 0 Å². The first-order valence-corrected chi connectivity index (χ1v) is 9.33. The van der Waals surface area contributed by atoms with E-state index in [2.05, 4.69) is 11.8 Å². The van der Waals surface area contributed by atoms with Crippen LogP contribution in [0.25, 0.3) is 0 Å². The van der Waals surface area contributed by atoms with Crippen molar-refractivity contribution in [1.29, 1.82) is 0 Å². The average Bonchev–Trinajstić information content (AvgIpc) is 3.18. The largest absolute Gasteiger partial charge is 0.492 e. The van der Waals surface area contributed by atoms with E-state index in [0.29, 0.717) is 6.04 Å². The number of likely N-dealkylation sites (tertiary alicyclic amines) is 1. The number of rotatable bonds is 3. The van der Waals surface area contributed by atoms with Gasteiger partial charge in [0.05, 0.1) is 6.61 Å². The van der Waals surface area contributed by atoms with Gasteiger partial charge in [-0.3, -0.25) is 0 Å². The molecule has 2 fully saturated rings. The number of hydrogen-bond donors (Lipinski definition) is 0. The Morgan fingerprint density at radius 1 is 1.26 bits per heavy atom. The standard InChI is InChI=1S/C20H28FNO/c1-15(12-16-4-2-3-5-16)22-10-8-20(9-11-22)14-23-19-7-6-17(21)13-18(19)20/h6-7,13,15-16H,2-5,8-12,14H2,1H3/t15-/m1/s1. The molecule has 0 radical (unpaired) electrons. The first-order chi connectivity index (χ1) is 11.2. The second-order valence-corrected chi connectivity index (χ2v) is 7.98. The highest BCUT2D eigenvalue weighted by Gasteiger charge is 2.43. The number of halogens is 1. The summed E-state index contributed by atoms with van der Waals surface area (Å²) in [5, 5.41) is 0. The molecule has 2 aliphatic heterocycles. The highest BCUT2D eigenvalue weighted by atomic mass is 19.1. The Kier molecular flexibility index (Phi) is 4.08. The van der Waals surface area contributed by atoms with Crippen LogP contribution >= 0.6 is 0 Å². The molecule has 1 saturated carbocycles. The minimum Gasteiger partial charge on any atom is -0.492 e. The fourth-order valence-electron chi connectivity index (χ4n) is 5.02. The van der Waals surface area contributed by atoms with Gasteiger partial charge in [-0.1, -0.05) is 25.7 Å². The first-order valence-electron chi connectivity index (χ1n) is 9.33. The molecule has 1 spiro atoms. The summed E-state index contributed by atoms with van der Waals surface area (Å²) in [5.74, 6) is 1.72. The Morgan fingerprint density at radius 2 is 2.00 bits per heavy atom. The summed E-state index contributed by atoms with van der Waals surface area (Å²) < 4.78 is 19.5. The molecule has 0 N–H and O–H groups in total. The summed E-state index contributed by atoms with van der Waals surface area (Å²) >= 11 is 0. The molecule has 1 saturated heterocycles. The van der Waals surface area contributed by atoms with Crippen LogP contribution in [-0.4, -0.2) is 30.6 Å². The lowest BCUT2D eigenvalue weighted by atomic mass is 9.74. The molecule has 2 heterocycles. The van der Waals surface area contributed by atoms with Crippen molar-refractivity contribution < 1.29 is 9.13 Å². The third kappa shape index (κ3) is 2.88. The molecular weight excluding hydrogens is 289 g/mol. The maximum absolute atomic E-state index is 13.7. The van der Waals surface area contributed by atoms with Crippen LogP contribution in [-0.2, 0) is 5.41 Å². The molecule has 4 rings (SSSR count). The van der Waals surface area contributed by atoms with Crippen molar-refractivity contribution in [3.05, 3.63) is 29.6 Å². The van der Waals surface area contributed by atoms with Crippen molar-refractivity contribution in [3.63, 3.8) is 0 Å². The molecule has 0 aromatic heterocycles. The van der Waals surface area contributed by atoms with Gasteiger partial charge >= 0.3 is 0 Å². The van der Waals surface area contributed by atoms with Crippen LogP contribution in [0.15, 0.2) is 18.2 Å². The summed E-state index contributed by atoms with van der Waals surface area (Å²) in [6.45, 7) is 5.37. The zero-order valence-electron chi connectivity index (χ0n) is 14.2. The third-order valence-electron chi connectivity index (χ3n) is 6.54. The molecular formula is C20H28FNO. The van der Waals surface area contributed by atoms with Crippen LogP contribution in [0, 0.1) is 11.7 Å². The lowest BCUT2D eigenvalue weighted by Crippen LogP contribution is -2.47. The number of nitrogens with zero attached hydrogens (tertiary/aromatic N) is 1. The van der Waals surface area contributed by atoms with Crippen LogP contribution < -0.4 is 4.74 Å². The van der Waals surface area contributed by atoms with Crippen LogP contribution in [0.1, 0.15) is 57.4 Å². The van der Waals surface area contributed by atoms with Crippen LogP contribution in [0.5, 0.6) is 5.75 Å². The van der Waals surface area contributed by atoms with Crippen LogP contribution in [0.3, 0.4) is 0 Å². The molecule has 1 aromatic carbocycles. The van der Waals surface area contributed by atoms with Gasteiger partial charge in [0.2, 0.25) is 0 Å². The monoisotopic (exact) mass is 317 g/mol. The third-order valence-corrected chi connectivity index (χ3v) is 6.54. The van der Waals surface area contributed by atoms with E-state index >= 15 is 0 Å². The quantitative estimate of drug-likeness (QED) is 0.812. The van der Waals surface area contributed by atoms with Gasteiger partial charge in [-0.2, -0.15) is 0 Å². The Bertz CT molecular complexity index is 559. The van der Waals surface area contributed by atoms with Crippen molar-refractivity contribution >= 4 is 0 Å². The van der Waals surface area contributed by atoms with Gasteiger partial charge < -0.3 is 9.64 Å². The highest BCUT2D eigenvalue weighted by Crippen LogP contribution is 2.46. The van der Waals surface area contributed by atoms with E-state index in [1.165, 1.54) is 38.2 Å². The fourth-order valence-corrected chi connectivity index (χ4v) is 5.02. The summed E-state index contributed by atoms with van der Waals surface area (Å²) in [6, 6.07) is 5.70. The van der Waals surface area contributed by atoms with Crippen LogP contribution in [0.4, 0.5) is 4.39 Å². The summed E-state index contributed by atoms with van der Waals surface area (Å²) in [7, 11) is 0.